The second-order valence-electron chi connectivity index (χ2n) is 11.4. The highest BCUT2D eigenvalue weighted by molar-refractivity contribution is 7.21. The van der Waals surface area contributed by atoms with Crippen LogP contribution in [0, 0.1) is 10.1 Å². The number of carbonyl (C=O) groups is 4. The van der Waals surface area contributed by atoms with Gasteiger partial charge in [0, 0.05) is 39.6 Å². The van der Waals surface area contributed by atoms with Gasteiger partial charge in [0.25, 0.3) is 23.4 Å². The number of benzene rings is 4. The van der Waals surface area contributed by atoms with E-state index in [4.69, 9.17) is 11.6 Å². The molecule has 47 heavy (non-hydrogen) atoms. The summed E-state index contributed by atoms with van der Waals surface area (Å²) in [5.41, 5.74) is 2.30. The number of nitro groups is 1. The van der Waals surface area contributed by atoms with E-state index in [1.807, 2.05) is 49.4 Å². The summed E-state index contributed by atoms with van der Waals surface area (Å²) in [6.07, 6.45) is 0.333. The van der Waals surface area contributed by atoms with Crippen molar-refractivity contribution >= 4 is 73.7 Å². The molecule has 1 aromatic heterocycles. The van der Waals surface area contributed by atoms with Gasteiger partial charge in [-0.15, -0.1) is 11.3 Å². The van der Waals surface area contributed by atoms with Crippen molar-refractivity contribution in [2.24, 2.45) is 0 Å². The van der Waals surface area contributed by atoms with Gasteiger partial charge in [-0.25, -0.2) is 0 Å². The summed E-state index contributed by atoms with van der Waals surface area (Å²) < 4.78 is 0.517. The zero-order valence-electron chi connectivity index (χ0n) is 24.8. The fourth-order valence-electron chi connectivity index (χ4n) is 6.44. The summed E-state index contributed by atoms with van der Waals surface area (Å²) in [5, 5.41) is 12.2. The predicted molar refractivity (Wildman–Crippen MR) is 179 cm³/mol. The van der Waals surface area contributed by atoms with Crippen LogP contribution in [0.4, 0.5) is 17.1 Å². The largest absolute Gasteiger partial charge is 0.308 e. The van der Waals surface area contributed by atoms with Crippen LogP contribution in [0.2, 0.25) is 5.02 Å². The van der Waals surface area contributed by atoms with Crippen LogP contribution >= 0.6 is 22.9 Å². The quantitative estimate of drug-likeness (QED) is 0.107. The first-order valence-electron chi connectivity index (χ1n) is 14.8. The third kappa shape index (κ3) is 5.04. The molecule has 0 N–H and O–H groups in total. The number of carbonyl (C=O) groups excluding carboxylic acids is 4. The summed E-state index contributed by atoms with van der Waals surface area (Å²) in [5.74, 6) is -1.84. The molecule has 0 spiro atoms. The van der Waals surface area contributed by atoms with Crippen LogP contribution < -0.4 is 9.80 Å². The molecule has 5 aromatic rings. The number of fused-ring (bicyclic) bond motifs is 3. The topological polar surface area (TPSA) is 121 Å². The summed E-state index contributed by atoms with van der Waals surface area (Å²) >= 11 is 7.86. The Morgan fingerprint density at radius 3 is 2.26 bits per heavy atom. The van der Waals surface area contributed by atoms with Crippen molar-refractivity contribution < 1.29 is 24.1 Å². The minimum Gasteiger partial charge on any atom is -0.308 e. The van der Waals surface area contributed by atoms with Gasteiger partial charge in [-0.1, -0.05) is 60.1 Å². The maximum Gasteiger partial charge on any atom is 0.270 e. The summed E-state index contributed by atoms with van der Waals surface area (Å²) in [6, 6.07) is 26.2. The average Bonchev–Trinajstić information content (AvgIpc) is 3.53. The van der Waals surface area contributed by atoms with E-state index in [2.05, 4.69) is 0 Å². The van der Waals surface area contributed by atoms with Gasteiger partial charge in [-0.05, 0) is 55.3 Å². The van der Waals surface area contributed by atoms with Crippen molar-refractivity contribution in [1.82, 2.24) is 4.90 Å². The number of nitro benzene ring substituents is 1. The molecule has 7 rings (SSSR count). The maximum atomic E-state index is 14.6. The molecule has 0 aliphatic carbocycles. The Morgan fingerprint density at radius 2 is 1.57 bits per heavy atom. The number of hydrogen-bond acceptors (Lipinski definition) is 7. The van der Waals surface area contributed by atoms with E-state index in [1.165, 1.54) is 12.1 Å². The van der Waals surface area contributed by atoms with E-state index in [-0.39, 0.29) is 32.6 Å². The molecule has 0 unspecified atom stereocenters. The minimum absolute atomic E-state index is 0.102. The molecule has 0 bridgehead atoms. The van der Waals surface area contributed by atoms with Gasteiger partial charge in [0.05, 0.1) is 27.1 Å². The van der Waals surface area contributed by atoms with Gasteiger partial charge in [0.1, 0.15) is 11.4 Å². The zero-order valence-corrected chi connectivity index (χ0v) is 26.4. The van der Waals surface area contributed by atoms with Crippen molar-refractivity contribution in [2.75, 3.05) is 16.3 Å². The molecule has 3 heterocycles. The van der Waals surface area contributed by atoms with Crippen molar-refractivity contribution in [3.63, 3.8) is 0 Å². The standard InChI is InChI=1S/C35H25ClN4O6S/c1-20-17-28(25-13-7-8-14-27(25)38(20)30(41)19-37-33(42)23-11-5-6-12-24(23)34(37)43)39(21-9-3-2-4-10-21)35(44)32-31(36)26-16-15-22(40(45)46)18-29(26)47-32/h2-16,18,20,28H,17,19H2,1H3/t20-,28-/m1/s1. The molecule has 10 nitrogen and oxygen atoms in total. The molecule has 0 saturated heterocycles. The third-order valence-electron chi connectivity index (χ3n) is 8.58. The number of non-ortho nitro benzene ring substituents is 1. The molecule has 4 amide bonds. The third-order valence-corrected chi connectivity index (χ3v) is 10.2. The molecule has 2 atom stereocenters. The van der Waals surface area contributed by atoms with Gasteiger partial charge in [0.15, 0.2) is 0 Å². The van der Waals surface area contributed by atoms with Gasteiger partial charge in [0.2, 0.25) is 5.91 Å². The molecule has 234 valence electrons. The van der Waals surface area contributed by atoms with Crippen LogP contribution in [-0.2, 0) is 4.79 Å². The minimum atomic E-state index is -0.532. The predicted octanol–water partition coefficient (Wildman–Crippen LogP) is 7.27. The van der Waals surface area contributed by atoms with E-state index in [1.54, 1.807) is 52.3 Å². The highest BCUT2D eigenvalue weighted by Crippen LogP contribution is 2.45. The summed E-state index contributed by atoms with van der Waals surface area (Å²) in [7, 11) is 0. The number of para-hydroxylation sites is 2. The van der Waals surface area contributed by atoms with Gasteiger partial charge in [-0.2, -0.15) is 0 Å². The van der Waals surface area contributed by atoms with Crippen LogP contribution in [0.3, 0.4) is 0 Å². The Hall–Kier alpha value is -5.39. The number of thiophene rings is 1. The molecule has 4 aromatic carbocycles. The maximum absolute atomic E-state index is 14.6. The second kappa shape index (κ2) is 11.8. The number of nitrogens with zero attached hydrogens (tertiary/aromatic N) is 4. The van der Waals surface area contributed by atoms with Crippen molar-refractivity contribution in [3.05, 3.63) is 134 Å². The van der Waals surface area contributed by atoms with Gasteiger partial charge < -0.3 is 4.90 Å². The van der Waals surface area contributed by atoms with Crippen LogP contribution in [0.25, 0.3) is 10.1 Å². The summed E-state index contributed by atoms with van der Waals surface area (Å²) in [6.45, 7) is 1.43. The first-order chi connectivity index (χ1) is 22.7. The molecule has 2 aliphatic rings. The highest BCUT2D eigenvalue weighted by Gasteiger charge is 2.42. The Bertz CT molecular complexity index is 2100. The smallest absolute Gasteiger partial charge is 0.270 e. The molecule has 2 aliphatic heterocycles. The molecule has 0 saturated carbocycles. The lowest BCUT2D eigenvalue weighted by Gasteiger charge is -2.43. The number of imide groups is 1. The first-order valence-corrected chi connectivity index (χ1v) is 16.0. The average molecular weight is 665 g/mol. The zero-order chi connectivity index (χ0) is 33.0. The van der Waals surface area contributed by atoms with Crippen LogP contribution in [0.5, 0.6) is 0 Å². The normalized spacial score (nSPS) is 17.1. The first kappa shape index (κ1) is 30.3. The molecule has 0 fully saturated rings. The van der Waals surface area contributed by atoms with E-state index >= 15 is 0 Å². The van der Waals surface area contributed by atoms with Crippen LogP contribution in [-0.4, -0.2) is 46.0 Å². The Labute approximate surface area is 277 Å². The number of anilines is 2. The number of halogens is 1. The highest BCUT2D eigenvalue weighted by atomic mass is 35.5. The number of hydrogen-bond donors (Lipinski definition) is 0. The number of amides is 4. The van der Waals surface area contributed by atoms with Crippen molar-refractivity contribution in [2.45, 2.75) is 25.4 Å². The van der Waals surface area contributed by atoms with E-state index < -0.39 is 41.3 Å². The Morgan fingerprint density at radius 1 is 0.936 bits per heavy atom. The van der Waals surface area contributed by atoms with Gasteiger partial charge in [-0.3, -0.25) is 39.1 Å². The summed E-state index contributed by atoms with van der Waals surface area (Å²) in [4.78, 5) is 70.0. The van der Waals surface area contributed by atoms with Gasteiger partial charge >= 0.3 is 0 Å². The van der Waals surface area contributed by atoms with E-state index in [0.29, 0.717) is 33.4 Å². The van der Waals surface area contributed by atoms with E-state index in [9.17, 15) is 29.3 Å². The lowest BCUT2D eigenvalue weighted by atomic mass is 9.89. The molecular weight excluding hydrogens is 640 g/mol. The van der Waals surface area contributed by atoms with Crippen LogP contribution in [0.15, 0.2) is 97.1 Å². The Balaban J connectivity index is 1.26. The SMILES string of the molecule is C[C@@H]1C[C@@H](N(C(=O)c2sc3cc([N+](=O)[O-])ccc3c2Cl)c2ccccc2)c2ccccc2N1C(=O)CN1C(=O)c2ccccc2C1=O. The van der Waals surface area contributed by atoms with E-state index in [0.717, 1.165) is 16.2 Å². The van der Waals surface area contributed by atoms with Crippen LogP contribution in [0.1, 0.15) is 55.3 Å². The van der Waals surface area contributed by atoms with Crippen molar-refractivity contribution in [3.8, 4) is 0 Å². The second-order valence-corrected chi connectivity index (χ2v) is 12.8. The lowest BCUT2D eigenvalue weighted by molar-refractivity contribution is -0.384. The van der Waals surface area contributed by atoms with Crippen molar-refractivity contribution in [1.29, 1.82) is 0 Å². The molecule has 12 heteroatoms. The Kier molecular flexibility index (Phi) is 7.57. The fourth-order valence-corrected chi connectivity index (χ4v) is 7.92. The molecular formula is C35H25ClN4O6S. The number of rotatable bonds is 6. The monoisotopic (exact) mass is 664 g/mol. The fraction of sp³-hybridized carbons (Fsp3) is 0.143. The lowest BCUT2D eigenvalue weighted by Crippen LogP contribution is -2.51. The molecule has 0 radical (unpaired) electrons.